The molecule has 0 aliphatic carbocycles. The number of ether oxygens (including phenoxy) is 3. The molecule has 0 rings (SSSR count). The predicted octanol–water partition coefficient (Wildman–Crippen LogP) is 21.2. The Morgan fingerprint density at radius 2 is 0.520 bits per heavy atom. The van der Waals surface area contributed by atoms with Crippen LogP contribution in [0.5, 0.6) is 0 Å². The second kappa shape index (κ2) is 62.4. The number of rotatable bonds is 55. The lowest BCUT2D eigenvalue weighted by atomic mass is 10.1. The van der Waals surface area contributed by atoms with Crippen LogP contribution in [0.15, 0.2) is 122 Å². The van der Waals surface area contributed by atoms with E-state index in [0.29, 0.717) is 19.3 Å². The molecule has 0 aromatic rings. The Labute approximate surface area is 462 Å². The standard InChI is InChI=1S/C69H114O6/c1-4-7-10-13-16-18-20-22-24-26-28-29-30-31-32-33-34-35-36-37-38-39-40-41-42-44-45-47-49-51-53-56-59-62-68(71)74-65-66(64-73-67(70)61-58-55-15-12-9-6-3)75-69(72)63-60-57-54-52-50-48-46-43-27-25-23-21-19-17-14-11-8-5-2/h7,10,16,18,22,24-25,27-29,31-32,34-35,37-38,40-41,44-45,66H,4-6,8-9,11-15,17,19-21,23,26,30,33,36,39,42-43,46-65H2,1-3H3/b10-7-,18-16-,24-22-,27-25-,29-28-,32-31-,35-34-,38-37-,41-40-,45-44-. The Kier molecular flexibility index (Phi) is 58.9. The topological polar surface area (TPSA) is 78.9 Å². The summed E-state index contributed by atoms with van der Waals surface area (Å²) in [6.45, 7) is 6.45. The lowest BCUT2D eigenvalue weighted by Gasteiger charge is -2.18. The van der Waals surface area contributed by atoms with Crippen LogP contribution in [-0.2, 0) is 28.6 Å². The van der Waals surface area contributed by atoms with Crippen molar-refractivity contribution in [2.75, 3.05) is 13.2 Å². The van der Waals surface area contributed by atoms with Gasteiger partial charge in [-0.2, -0.15) is 0 Å². The summed E-state index contributed by atoms with van der Waals surface area (Å²) in [5, 5.41) is 0. The van der Waals surface area contributed by atoms with Crippen LogP contribution in [0.4, 0.5) is 0 Å². The normalized spacial score (nSPS) is 12.9. The van der Waals surface area contributed by atoms with Crippen molar-refractivity contribution in [1.29, 1.82) is 0 Å². The lowest BCUT2D eigenvalue weighted by molar-refractivity contribution is -0.167. The van der Waals surface area contributed by atoms with Crippen molar-refractivity contribution < 1.29 is 28.6 Å². The maximum absolute atomic E-state index is 12.8. The van der Waals surface area contributed by atoms with Crippen LogP contribution >= 0.6 is 0 Å². The molecule has 1 unspecified atom stereocenters. The van der Waals surface area contributed by atoms with Crippen molar-refractivity contribution in [2.24, 2.45) is 0 Å². The Bertz CT molecular complexity index is 1570. The Balaban J connectivity index is 4.17. The monoisotopic (exact) mass is 1040 g/mol. The molecule has 6 heteroatoms. The van der Waals surface area contributed by atoms with Gasteiger partial charge in [0.1, 0.15) is 13.2 Å². The van der Waals surface area contributed by atoms with Gasteiger partial charge in [-0.3, -0.25) is 14.4 Å². The molecule has 0 radical (unpaired) electrons. The maximum atomic E-state index is 12.8. The van der Waals surface area contributed by atoms with E-state index in [4.69, 9.17) is 14.2 Å². The molecule has 0 aromatic carbocycles. The van der Waals surface area contributed by atoms with Crippen molar-refractivity contribution in [1.82, 2.24) is 0 Å². The van der Waals surface area contributed by atoms with E-state index in [1.165, 1.54) is 103 Å². The maximum Gasteiger partial charge on any atom is 0.306 e. The van der Waals surface area contributed by atoms with Crippen LogP contribution < -0.4 is 0 Å². The second-order valence-corrected chi connectivity index (χ2v) is 20.2. The van der Waals surface area contributed by atoms with Gasteiger partial charge in [-0.25, -0.2) is 0 Å². The highest BCUT2D eigenvalue weighted by atomic mass is 16.6. The van der Waals surface area contributed by atoms with Crippen molar-refractivity contribution in [3.63, 3.8) is 0 Å². The summed E-state index contributed by atoms with van der Waals surface area (Å²) in [6, 6.07) is 0. The SMILES string of the molecule is CC/C=C\C/C=C\C/C=C\C/C=C\C/C=C\C/C=C\C/C=C\C/C=C\C/C=C\CCCCCCCC(=O)OCC(COC(=O)CCCCCCCC)OC(=O)CCCCCCCCC/C=C\CCCCCCCCC. The van der Waals surface area contributed by atoms with Crippen LogP contribution in [0.3, 0.4) is 0 Å². The van der Waals surface area contributed by atoms with Gasteiger partial charge in [0, 0.05) is 19.3 Å². The molecular weight excluding hydrogens is 925 g/mol. The average Bonchev–Trinajstić information content (AvgIpc) is 3.41. The number of unbranched alkanes of at least 4 members (excludes halogenated alkanes) is 24. The molecule has 0 bridgehead atoms. The minimum atomic E-state index is -0.787. The third-order valence-corrected chi connectivity index (χ3v) is 13.0. The number of hydrogen-bond donors (Lipinski definition) is 0. The molecule has 6 nitrogen and oxygen atoms in total. The Morgan fingerprint density at radius 1 is 0.280 bits per heavy atom. The van der Waals surface area contributed by atoms with Crippen molar-refractivity contribution in [3.05, 3.63) is 122 Å². The van der Waals surface area contributed by atoms with E-state index in [1.54, 1.807) is 0 Å². The first-order valence-electron chi connectivity index (χ1n) is 31.0. The molecule has 1 atom stereocenters. The third-order valence-electron chi connectivity index (χ3n) is 13.0. The summed E-state index contributed by atoms with van der Waals surface area (Å²) < 4.78 is 16.8. The van der Waals surface area contributed by atoms with Gasteiger partial charge in [-0.1, -0.05) is 264 Å². The number of esters is 3. The summed E-state index contributed by atoms with van der Waals surface area (Å²) >= 11 is 0. The fourth-order valence-corrected chi connectivity index (χ4v) is 8.31. The molecule has 0 amide bonds. The number of carbonyl (C=O) groups excluding carboxylic acids is 3. The van der Waals surface area contributed by atoms with Crippen LogP contribution in [0, 0.1) is 0 Å². The van der Waals surface area contributed by atoms with Gasteiger partial charge in [0.05, 0.1) is 0 Å². The Morgan fingerprint density at radius 3 is 0.827 bits per heavy atom. The number of hydrogen-bond acceptors (Lipinski definition) is 6. The molecular formula is C69H114O6. The van der Waals surface area contributed by atoms with E-state index in [9.17, 15) is 14.4 Å². The van der Waals surface area contributed by atoms with Gasteiger partial charge in [-0.05, 0) is 116 Å². The molecule has 0 aromatic heterocycles. The largest absolute Gasteiger partial charge is 0.462 e. The zero-order valence-corrected chi connectivity index (χ0v) is 48.8. The summed E-state index contributed by atoms with van der Waals surface area (Å²) in [6.07, 6.45) is 86.6. The predicted molar refractivity (Wildman–Crippen MR) is 325 cm³/mol. The molecule has 0 spiro atoms. The van der Waals surface area contributed by atoms with Gasteiger partial charge in [0.15, 0.2) is 6.10 Å². The molecule has 426 valence electrons. The summed E-state index contributed by atoms with van der Waals surface area (Å²) in [5.74, 6) is -0.920. The van der Waals surface area contributed by atoms with E-state index < -0.39 is 6.10 Å². The van der Waals surface area contributed by atoms with E-state index in [0.717, 1.165) is 135 Å². The first-order valence-corrected chi connectivity index (χ1v) is 31.0. The molecule has 0 aliphatic heterocycles. The zero-order chi connectivity index (χ0) is 54.3. The molecule has 0 N–H and O–H groups in total. The highest BCUT2D eigenvalue weighted by Crippen LogP contribution is 2.14. The Hall–Kier alpha value is -4.19. The summed E-state index contributed by atoms with van der Waals surface area (Å²) in [4.78, 5) is 37.9. The van der Waals surface area contributed by atoms with Crippen LogP contribution in [-0.4, -0.2) is 37.2 Å². The zero-order valence-electron chi connectivity index (χ0n) is 48.8. The van der Waals surface area contributed by atoms with Crippen molar-refractivity contribution >= 4 is 17.9 Å². The number of allylic oxidation sites excluding steroid dienone is 20. The highest BCUT2D eigenvalue weighted by molar-refractivity contribution is 5.71. The molecule has 75 heavy (non-hydrogen) atoms. The molecule has 0 saturated carbocycles. The van der Waals surface area contributed by atoms with Crippen LogP contribution in [0.1, 0.15) is 278 Å². The van der Waals surface area contributed by atoms with Crippen LogP contribution in [0.25, 0.3) is 0 Å². The van der Waals surface area contributed by atoms with Crippen molar-refractivity contribution in [3.8, 4) is 0 Å². The summed E-state index contributed by atoms with van der Waals surface area (Å²) in [5.41, 5.74) is 0. The van der Waals surface area contributed by atoms with Gasteiger partial charge in [0.25, 0.3) is 0 Å². The van der Waals surface area contributed by atoms with Gasteiger partial charge in [0.2, 0.25) is 0 Å². The van der Waals surface area contributed by atoms with Crippen molar-refractivity contribution in [2.45, 2.75) is 284 Å². The minimum absolute atomic E-state index is 0.0869. The molecule has 0 heterocycles. The lowest BCUT2D eigenvalue weighted by Crippen LogP contribution is -2.30. The fraction of sp³-hybridized carbons (Fsp3) is 0.667. The molecule has 0 saturated heterocycles. The molecule has 0 fully saturated rings. The van der Waals surface area contributed by atoms with E-state index in [1.807, 2.05) is 0 Å². The molecule has 0 aliphatic rings. The van der Waals surface area contributed by atoms with E-state index >= 15 is 0 Å². The minimum Gasteiger partial charge on any atom is -0.462 e. The third kappa shape index (κ3) is 60.6. The quantitative estimate of drug-likeness (QED) is 0.0261. The highest BCUT2D eigenvalue weighted by Gasteiger charge is 2.19. The average molecular weight is 1040 g/mol. The first kappa shape index (κ1) is 70.8. The van der Waals surface area contributed by atoms with Crippen LogP contribution in [0.2, 0.25) is 0 Å². The second-order valence-electron chi connectivity index (χ2n) is 20.2. The first-order chi connectivity index (χ1) is 37.0. The summed E-state index contributed by atoms with van der Waals surface area (Å²) in [7, 11) is 0. The fourth-order valence-electron chi connectivity index (χ4n) is 8.31. The van der Waals surface area contributed by atoms with Gasteiger partial charge in [-0.15, -0.1) is 0 Å². The number of carbonyl (C=O) groups is 3. The van der Waals surface area contributed by atoms with E-state index in [-0.39, 0.29) is 31.1 Å². The van der Waals surface area contributed by atoms with Gasteiger partial charge < -0.3 is 14.2 Å². The van der Waals surface area contributed by atoms with Gasteiger partial charge >= 0.3 is 17.9 Å². The van der Waals surface area contributed by atoms with E-state index in [2.05, 4.69) is 142 Å². The smallest absolute Gasteiger partial charge is 0.306 e.